The van der Waals surface area contributed by atoms with Crippen LogP contribution in [0.25, 0.3) is 22.3 Å². The summed E-state index contributed by atoms with van der Waals surface area (Å²) in [7, 11) is 1.80. The molecule has 0 unspecified atom stereocenters. The summed E-state index contributed by atoms with van der Waals surface area (Å²) in [5.41, 5.74) is 7.84. The highest BCUT2D eigenvalue weighted by molar-refractivity contribution is 5.99. The van der Waals surface area contributed by atoms with Gasteiger partial charge in [-0.1, -0.05) is 0 Å². The molecule has 0 bridgehead atoms. The van der Waals surface area contributed by atoms with Crippen LogP contribution in [0, 0.1) is 0 Å². The summed E-state index contributed by atoms with van der Waals surface area (Å²) in [5.74, 6) is -0.170. The zero-order valence-corrected chi connectivity index (χ0v) is 16.3. The van der Waals surface area contributed by atoms with E-state index in [0.29, 0.717) is 22.3 Å². The minimum atomic E-state index is -1.37. The van der Waals surface area contributed by atoms with Crippen LogP contribution in [0.4, 0.5) is 5.82 Å². The molecule has 11 nitrogen and oxygen atoms in total. The highest BCUT2D eigenvalue weighted by Gasteiger charge is 2.48. The summed E-state index contributed by atoms with van der Waals surface area (Å²) in [6.07, 6.45) is 2.79. The van der Waals surface area contributed by atoms with E-state index in [1.54, 1.807) is 28.7 Å². The number of rotatable bonds is 4. The first-order valence-corrected chi connectivity index (χ1v) is 9.87. The molecular formula is C19H23N7O4. The topological polar surface area (TPSA) is 153 Å². The quantitative estimate of drug-likeness (QED) is 0.455. The van der Waals surface area contributed by atoms with Gasteiger partial charge in [0.15, 0.2) is 12.3 Å². The van der Waals surface area contributed by atoms with E-state index in [2.05, 4.69) is 20.4 Å². The van der Waals surface area contributed by atoms with Gasteiger partial charge in [-0.3, -0.25) is 9.48 Å². The van der Waals surface area contributed by atoms with Gasteiger partial charge in [0.2, 0.25) is 0 Å². The molecule has 1 saturated heterocycles. The zero-order chi connectivity index (χ0) is 21.0. The molecule has 5 rings (SSSR count). The van der Waals surface area contributed by atoms with E-state index in [9.17, 15) is 15.0 Å². The Bertz CT molecular complexity index is 1110. The minimum absolute atomic E-state index is 0.0974. The third-order valence-corrected chi connectivity index (χ3v) is 5.85. The summed E-state index contributed by atoms with van der Waals surface area (Å²) < 4.78 is 9.06. The summed E-state index contributed by atoms with van der Waals surface area (Å²) in [6.45, 7) is 0. The van der Waals surface area contributed by atoms with Crippen LogP contribution in [0.5, 0.6) is 0 Å². The van der Waals surface area contributed by atoms with Crippen molar-refractivity contribution in [3.63, 3.8) is 0 Å². The number of hydrogen-bond acceptors (Lipinski definition) is 8. The average Bonchev–Trinajstić information content (AvgIpc) is 3.36. The monoisotopic (exact) mass is 413 g/mol. The average molecular weight is 413 g/mol. The molecule has 1 aliphatic heterocycles. The largest absolute Gasteiger partial charge is 0.387 e. The predicted molar refractivity (Wildman–Crippen MR) is 106 cm³/mol. The molecular weight excluding hydrogens is 390 g/mol. The van der Waals surface area contributed by atoms with Crippen molar-refractivity contribution in [2.45, 2.75) is 49.8 Å². The number of aromatic nitrogens is 5. The molecule has 5 N–H and O–H groups in total. The Morgan fingerprint density at radius 3 is 2.77 bits per heavy atom. The van der Waals surface area contributed by atoms with Crippen molar-refractivity contribution in [2.24, 2.45) is 7.05 Å². The molecule has 2 fully saturated rings. The van der Waals surface area contributed by atoms with E-state index in [-0.39, 0.29) is 11.9 Å². The Morgan fingerprint density at radius 2 is 2.10 bits per heavy atom. The van der Waals surface area contributed by atoms with Crippen molar-refractivity contribution < 1.29 is 19.7 Å². The van der Waals surface area contributed by atoms with Crippen molar-refractivity contribution in [3.05, 3.63) is 24.8 Å². The number of amides is 1. The number of carbonyl (C=O) groups excluding carboxylic acids is 1. The second-order valence-corrected chi connectivity index (χ2v) is 7.85. The highest BCUT2D eigenvalue weighted by atomic mass is 16.6. The van der Waals surface area contributed by atoms with Crippen molar-refractivity contribution >= 4 is 22.8 Å². The van der Waals surface area contributed by atoms with Crippen molar-refractivity contribution in [2.75, 3.05) is 5.73 Å². The molecule has 0 spiro atoms. The van der Waals surface area contributed by atoms with Crippen molar-refractivity contribution in [1.82, 2.24) is 29.6 Å². The summed E-state index contributed by atoms with van der Waals surface area (Å²) in [4.78, 5) is 20.9. The molecule has 158 valence electrons. The smallest absolute Gasteiger partial charge is 0.252 e. The Labute approximate surface area is 171 Å². The molecule has 11 heteroatoms. The molecule has 0 aromatic carbocycles. The van der Waals surface area contributed by atoms with E-state index in [4.69, 9.17) is 10.5 Å². The van der Waals surface area contributed by atoms with Gasteiger partial charge in [-0.2, -0.15) is 5.10 Å². The molecule has 2 aliphatic rings. The number of nitrogens with zero attached hydrogens (tertiary/aromatic N) is 5. The number of nitrogens with one attached hydrogen (secondary N) is 1. The van der Waals surface area contributed by atoms with Gasteiger partial charge in [0, 0.05) is 31.0 Å². The number of aliphatic hydroxyl groups excluding tert-OH is 2. The lowest BCUT2D eigenvalue weighted by atomic mass is 9.93. The van der Waals surface area contributed by atoms with Gasteiger partial charge in [-0.25, -0.2) is 9.97 Å². The third-order valence-electron chi connectivity index (χ3n) is 5.85. The highest BCUT2D eigenvalue weighted by Crippen LogP contribution is 2.38. The number of fused-ring (bicyclic) bond motifs is 1. The Hall–Kier alpha value is -3.02. The van der Waals surface area contributed by atoms with Gasteiger partial charge in [0.1, 0.15) is 30.0 Å². The Balaban J connectivity index is 1.53. The number of carbonyl (C=O) groups is 1. The number of nitrogen functional groups attached to an aromatic ring is 1. The predicted octanol–water partition coefficient (Wildman–Crippen LogP) is -0.298. The molecule has 3 aromatic heterocycles. The van der Waals surface area contributed by atoms with Crippen LogP contribution in [0.15, 0.2) is 24.8 Å². The van der Waals surface area contributed by atoms with Gasteiger partial charge in [-0.15, -0.1) is 0 Å². The Kier molecular flexibility index (Phi) is 4.45. The summed E-state index contributed by atoms with van der Waals surface area (Å²) >= 11 is 0. The Morgan fingerprint density at radius 1 is 1.30 bits per heavy atom. The van der Waals surface area contributed by atoms with Gasteiger partial charge < -0.3 is 30.6 Å². The molecule has 4 atom stereocenters. The van der Waals surface area contributed by atoms with Gasteiger partial charge in [0.05, 0.1) is 11.1 Å². The molecule has 0 radical (unpaired) electrons. The third kappa shape index (κ3) is 2.93. The second-order valence-electron chi connectivity index (χ2n) is 7.85. The number of ether oxygens (including phenoxy) is 1. The van der Waals surface area contributed by atoms with E-state index >= 15 is 0 Å². The summed E-state index contributed by atoms with van der Waals surface area (Å²) in [6, 6.07) is 1.92. The summed E-state index contributed by atoms with van der Waals surface area (Å²) in [5, 5.41) is 29.0. The number of anilines is 1. The lowest BCUT2D eigenvalue weighted by Gasteiger charge is -2.28. The number of aryl methyl sites for hydroxylation is 1. The van der Waals surface area contributed by atoms with E-state index in [0.717, 1.165) is 19.3 Å². The standard InChI is InChI=1S/C19H23N7O4/c1-25-6-5-11(24-25)10-7-26(17-12(10)16(20)21-8-22-17)19-14(28)13(27)15(30-19)18(29)23-9-3-2-4-9/h5-9,13-15,19,27-28H,2-4H2,1H3,(H,23,29)(H2,20,21,22)/t13-,14+,15-,19+/m0/s1. The van der Waals surface area contributed by atoms with Gasteiger partial charge in [-0.05, 0) is 25.3 Å². The number of nitrogens with two attached hydrogens (primary N) is 1. The second kappa shape index (κ2) is 7.04. The number of hydrogen-bond donors (Lipinski definition) is 4. The molecule has 4 heterocycles. The maximum absolute atomic E-state index is 12.6. The molecule has 1 aliphatic carbocycles. The molecule has 1 saturated carbocycles. The van der Waals surface area contributed by atoms with E-state index in [1.165, 1.54) is 6.33 Å². The van der Waals surface area contributed by atoms with Gasteiger partial charge in [0.25, 0.3) is 5.91 Å². The SMILES string of the molecule is Cn1ccc(-c2cn([C@@H]3O[C@H](C(=O)NC4CCC4)[C@@H](O)[C@H]3O)c3ncnc(N)c23)n1. The fourth-order valence-electron chi connectivity index (χ4n) is 4.00. The molecule has 3 aromatic rings. The van der Waals surface area contributed by atoms with Crippen LogP contribution in [0.1, 0.15) is 25.5 Å². The van der Waals surface area contributed by atoms with E-state index < -0.39 is 30.4 Å². The van der Waals surface area contributed by atoms with Crippen molar-refractivity contribution in [1.29, 1.82) is 0 Å². The first-order valence-electron chi connectivity index (χ1n) is 9.87. The first-order chi connectivity index (χ1) is 14.4. The maximum Gasteiger partial charge on any atom is 0.252 e. The van der Waals surface area contributed by atoms with Crippen LogP contribution < -0.4 is 11.1 Å². The number of aliphatic hydroxyl groups is 2. The van der Waals surface area contributed by atoms with E-state index in [1.807, 2.05) is 6.07 Å². The fourth-order valence-corrected chi connectivity index (χ4v) is 4.00. The van der Waals surface area contributed by atoms with Crippen LogP contribution in [0.3, 0.4) is 0 Å². The van der Waals surface area contributed by atoms with Crippen LogP contribution in [-0.4, -0.2) is 64.8 Å². The van der Waals surface area contributed by atoms with Gasteiger partial charge >= 0.3 is 0 Å². The van der Waals surface area contributed by atoms with Crippen LogP contribution in [0.2, 0.25) is 0 Å². The molecule has 30 heavy (non-hydrogen) atoms. The fraction of sp³-hybridized carbons (Fsp3) is 0.474. The zero-order valence-electron chi connectivity index (χ0n) is 16.3. The molecule has 1 amide bonds. The first kappa shape index (κ1) is 19.0. The van der Waals surface area contributed by atoms with Crippen LogP contribution in [-0.2, 0) is 16.6 Å². The normalized spacial score (nSPS) is 26.8. The van der Waals surface area contributed by atoms with Crippen LogP contribution >= 0.6 is 0 Å². The minimum Gasteiger partial charge on any atom is -0.387 e. The lowest BCUT2D eigenvalue weighted by molar-refractivity contribution is -0.138. The maximum atomic E-state index is 12.6. The van der Waals surface area contributed by atoms with Crippen molar-refractivity contribution in [3.8, 4) is 11.3 Å². The lowest BCUT2D eigenvalue weighted by Crippen LogP contribution is -2.48.